The van der Waals surface area contributed by atoms with Crippen LogP contribution in [0.5, 0.6) is 5.75 Å². The highest BCUT2D eigenvalue weighted by Crippen LogP contribution is 2.45. The Hall–Kier alpha value is -1.38. The molecule has 0 aliphatic heterocycles. The molecule has 0 bridgehead atoms. The molecule has 0 atom stereocenters. The monoisotopic (exact) mass is 390 g/mol. The first-order valence-corrected chi connectivity index (χ1v) is 11.4. The molecule has 156 valence electrons. The van der Waals surface area contributed by atoms with Crippen molar-refractivity contribution in [1.82, 2.24) is 0 Å². The molecule has 0 radical (unpaired) electrons. The van der Waals surface area contributed by atoms with Crippen molar-refractivity contribution in [3.63, 3.8) is 0 Å². The Morgan fingerprint density at radius 2 is 1.57 bits per heavy atom. The summed E-state index contributed by atoms with van der Waals surface area (Å²) in [4.78, 5) is 0. The molecule has 3 heteroatoms. The molecular weight excluding hydrogens is 354 g/mol. The van der Waals surface area contributed by atoms with Crippen LogP contribution in [0.25, 0.3) is 0 Å². The fraction of sp³-hybridized carbons (Fsp3) is 0.680. The first-order chi connectivity index (χ1) is 13.6. The lowest BCUT2D eigenvalue weighted by molar-refractivity contribution is 0.155. The molecule has 1 aromatic rings. The third-order valence-electron chi connectivity index (χ3n) is 7.14. The molecule has 0 unspecified atom stereocenters. The maximum atomic E-state index is 14.6. The number of allylic oxidation sites excluding steroid dienone is 1. The summed E-state index contributed by atoms with van der Waals surface area (Å²) in [6, 6.07) is 3.29. The summed E-state index contributed by atoms with van der Waals surface area (Å²) in [6.07, 6.45) is 17.0. The lowest BCUT2D eigenvalue weighted by Gasteiger charge is -2.38. The van der Waals surface area contributed by atoms with Gasteiger partial charge in [0.2, 0.25) is 5.82 Å². The molecule has 2 saturated carbocycles. The second-order valence-electron chi connectivity index (χ2n) is 8.90. The van der Waals surface area contributed by atoms with Crippen molar-refractivity contribution in [1.29, 1.82) is 0 Å². The average molecular weight is 391 g/mol. The van der Waals surface area contributed by atoms with Crippen LogP contribution in [0.2, 0.25) is 0 Å². The van der Waals surface area contributed by atoms with Gasteiger partial charge in [0.15, 0.2) is 11.6 Å². The van der Waals surface area contributed by atoms with Crippen molar-refractivity contribution in [2.45, 2.75) is 90.4 Å². The minimum Gasteiger partial charge on any atom is -0.462 e. The summed E-state index contributed by atoms with van der Waals surface area (Å²) >= 11 is 0. The number of rotatable bonds is 7. The van der Waals surface area contributed by atoms with E-state index in [0.717, 1.165) is 43.4 Å². The van der Waals surface area contributed by atoms with Crippen molar-refractivity contribution in [3.05, 3.63) is 41.7 Å². The average Bonchev–Trinajstić information content (AvgIpc) is 2.74. The number of hydrogen-bond donors (Lipinski definition) is 0. The summed E-state index contributed by atoms with van der Waals surface area (Å²) in [5.74, 6) is 1.12. The first kappa shape index (κ1) is 21.3. The van der Waals surface area contributed by atoms with E-state index in [9.17, 15) is 8.78 Å². The molecule has 0 spiro atoms. The summed E-state index contributed by atoms with van der Waals surface area (Å²) in [6.45, 7) is 4.06. The summed E-state index contributed by atoms with van der Waals surface area (Å²) in [7, 11) is 0. The lowest BCUT2D eigenvalue weighted by Crippen LogP contribution is -2.25. The van der Waals surface area contributed by atoms with Crippen LogP contribution in [0.15, 0.2) is 24.5 Å². The van der Waals surface area contributed by atoms with Crippen molar-refractivity contribution in [2.75, 3.05) is 0 Å². The topological polar surface area (TPSA) is 9.23 Å². The van der Waals surface area contributed by atoms with E-state index in [-0.39, 0.29) is 11.7 Å². The van der Waals surface area contributed by atoms with Gasteiger partial charge in [-0.1, -0.05) is 51.2 Å². The smallest absolute Gasteiger partial charge is 0.201 e. The molecule has 2 aliphatic carbocycles. The van der Waals surface area contributed by atoms with Crippen molar-refractivity contribution >= 4 is 0 Å². The maximum Gasteiger partial charge on any atom is 0.201 e. The van der Waals surface area contributed by atoms with E-state index < -0.39 is 11.6 Å². The van der Waals surface area contributed by atoms with E-state index in [2.05, 4.69) is 6.92 Å². The van der Waals surface area contributed by atoms with Crippen LogP contribution in [0.1, 0.15) is 96.0 Å². The number of benzene rings is 1. The summed E-state index contributed by atoms with van der Waals surface area (Å²) in [5, 5.41) is 0. The summed E-state index contributed by atoms with van der Waals surface area (Å²) in [5.41, 5.74) is 0.534. The van der Waals surface area contributed by atoms with Gasteiger partial charge in [-0.15, -0.1) is 0 Å². The molecule has 28 heavy (non-hydrogen) atoms. The molecular formula is C25H36F2O. The summed E-state index contributed by atoms with van der Waals surface area (Å²) < 4.78 is 34.0. The molecule has 0 heterocycles. The predicted octanol–water partition coefficient (Wildman–Crippen LogP) is 8.15. The van der Waals surface area contributed by atoms with Gasteiger partial charge in [-0.25, -0.2) is 4.39 Å². The molecule has 1 aromatic carbocycles. The van der Waals surface area contributed by atoms with Gasteiger partial charge < -0.3 is 4.74 Å². The van der Waals surface area contributed by atoms with Gasteiger partial charge in [0.1, 0.15) is 0 Å². The van der Waals surface area contributed by atoms with Crippen molar-refractivity contribution in [2.24, 2.45) is 17.8 Å². The Kier molecular flexibility index (Phi) is 7.93. The van der Waals surface area contributed by atoms with Crippen LogP contribution in [0.3, 0.4) is 0 Å². The normalized spacial score (nSPS) is 28.6. The van der Waals surface area contributed by atoms with Gasteiger partial charge in [-0.2, -0.15) is 4.39 Å². The van der Waals surface area contributed by atoms with Crippen LogP contribution in [-0.4, -0.2) is 0 Å². The second-order valence-corrected chi connectivity index (χ2v) is 8.90. The highest BCUT2D eigenvalue weighted by molar-refractivity contribution is 5.33. The van der Waals surface area contributed by atoms with E-state index in [1.807, 2.05) is 0 Å². The first-order valence-electron chi connectivity index (χ1n) is 11.4. The molecule has 0 saturated heterocycles. The van der Waals surface area contributed by atoms with Gasteiger partial charge in [-0.3, -0.25) is 0 Å². The largest absolute Gasteiger partial charge is 0.462 e. The third kappa shape index (κ3) is 5.15. The molecule has 1 nitrogen and oxygen atoms in total. The van der Waals surface area contributed by atoms with Crippen LogP contribution in [0.4, 0.5) is 8.78 Å². The van der Waals surface area contributed by atoms with Crippen molar-refractivity contribution in [3.8, 4) is 5.75 Å². The fourth-order valence-electron chi connectivity index (χ4n) is 5.44. The fourth-order valence-corrected chi connectivity index (χ4v) is 5.44. The van der Waals surface area contributed by atoms with E-state index >= 15 is 0 Å². The zero-order valence-electron chi connectivity index (χ0n) is 17.6. The Balaban J connectivity index is 1.52. The number of hydrogen-bond acceptors (Lipinski definition) is 1. The highest BCUT2D eigenvalue weighted by Gasteiger charge is 2.32. The van der Waals surface area contributed by atoms with Crippen LogP contribution in [-0.2, 0) is 0 Å². The predicted molar refractivity (Wildman–Crippen MR) is 111 cm³/mol. The van der Waals surface area contributed by atoms with E-state index in [0.29, 0.717) is 5.56 Å². The van der Waals surface area contributed by atoms with E-state index in [1.54, 1.807) is 25.1 Å². The SMILES string of the molecule is C/C=C\Oc1ccc(C2CCC(C3CCC(CCCC)CC3)CC2)c(F)c1F. The van der Waals surface area contributed by atoms with Crippen LogP contribution in [0, 0.1) is 29.4 Å². The Labute approximate surface area is 169 Å². The van der Waals surface area contributed by atoms with E-state index in [4.69, 9.17) is 4.74 Å². The van der Waals surface area contributed by atoms with Gasteiger partial charge in [0.05, 0.1) is 6.26 Å². The highest BCUT2D eigenvalue weighted by atomic mass is 19.2. The molecule has 2 aliphatic rings. The second kappa shape index (κ2) is 10.4. The molecule has 2 fully saturated rings. The molecule has 0 amide bonds. The van der Waals surface area contributed by atoms with Gasteiger partial charge in [0, 0.05) is 0 Å². The van der Waals surface area contributed by atoms with Crippen LogP contribution < -0.4 is 4.74 Å². The standard InChI is InChI=1S/C25H36F2O/c1-3-5-6-18-7-9-19(10-8-18)20-11-13-21(14-12-20)22-15-16-23(28-17-4-2)25(27)24(22)26/h4,15-21H,3,5-14H2,1-2H3/b17-4-. The van der Waals surface area contributed by atoms with Crippen LogP contribution >= 0.6 is 0 Å². The van der Waals surface area contributed by atoms with E-state index in [1.165, 1.54) is 51.2 Å². The molecule has 0 aromatic heterocycles. The lowest BCUT2D eigenvalue weighted by atomic mass is 9.68. The Bertz CT molecular complexity index is 638. The third-order valence-corrected chi connectivity index (χ3v) is 7.14. The Morgan fingerprint density at radius 3 is 2.18 bits per heavy atom. The zero-order chi connectivity index (χ0) is 19.9. The molecule has 0 N–H and O–H groups in total. The number of ether oxygens (including phenoxy) is 1. The minimum atomic E-state index is -0.858. The van der Waals surface area contributed by atoms with Crippen molar-refractivity contribution < 1.29 is 13.5 Å². The van der Waals surface area contributed by atoms with Gasteiger partial charge in [0.25, 0.3) is 0 Å². The minimum absolute atomic E-state index is 0.0344. The zero-order valence-corrected chi connectivity index (χ0v) is 17.6. The maximum absolute atomic E-state index is 14.6. The van der Waals surface area contributed by atoms with Gasteiger partial charge >= 0.3 is 0 Å². The van der Waals surface area contributed by atoms with Gasteiger partial charge in [-0.05, 0) is 80.8 Å². The molecule has 3 rings (SSSR count). The Morgan fingerprint density at radius 1 is 0.929 bits per heavy atom. The quantitative estimate of drug-likeness (QED) is 0.427. The number of halogens is 2. The number of unbranched alkanes of at least 4 members (excludes halogenated alkanes) is 1.